The van der Waals surface area contributed by atoms with Gasteiger partial charge in [0.2, 0.25) is 0 Å². The van der Waals surface area contributed by atoms with E-state index in [1.54, 1.807) is 11.5 Å². The molecule has 2 unspecified atom stereocenters. The van der Waals surface area contributed by atoms with Gasteiger partial charge in [-0.25, -0.2) is 9.79 Å². The Labute approximate surface area is 213 Å². The molecular weight excluding hydrogens is 472 g/mol. The van der Waals surface area contributed by atoms with Gasteiger partial charge < -0.3 is 9.47 Å². The van der Waals surface area contributed by atoms with Crippen molar-refractivity contribution in [1.29, 1.82) is 0 Å². The minimum absolute atomic E-state index is 0.196. The molecule has 2 atom stereocenters. The monoisotopic (exact) mass is 500 g/mol. The molecule has 184 valence electrons. The lowest BCUT2D eigenvalue weighted by Gasteiger charge is -2.25. The summed E-state index contributed by atoms with van der Waals surface area (Å²) in [6, 6.07) is 15.1. The molecule has 1 aromatic heterocycles. The first-order valence-corrected chi connectivity index (χ1v) is 12.8. The Morgan fingerprint density at radius 3 is 2.58 bits per heavy atom. The predicted octanol–water partition coefficient (Wildman–Crippen LogP) is 4.31. The molecule has 0 saturated carbocycles. The van der Waals surface area contributed by atoms with Crippen molar-refractivity contribution in [1.82, 2.24) is 4.57 Å². The highest BCUT2D eigenvalue weighted by molar-refractivity contribution is 7.07. The molecular formula is C29H28N2O4S. The number of nitrogens with zero attached hydrogens (tertiary/aromatic N) is 2. The van der Waals surface area contributed by atoms with Gasteiger partial charge in [-0.05, 0) is 64.0 Å². The second-order valence-electron chi connectivity index (χ2n) is 9.39. The van der Waals surface area contributed by atoms with Gasteiger partial charge in [0.05, 0.1) is 27.9 Å². The van der Waals surface area contributed by atoms with E-state index in [0.29, 0.717) is 20.6 Å². The zero-order valence-corrected chi connectivity index (χ0v) is 21.8. The largest absolute Gasteiger partial charge is 0.485 e. The van der Waals surface area contributed by atoms with Crippen molar-refractivity contribution >= 4 is 29.5 Å². The van der Waals surface area contributed by atoms with Crippen molar-refractivity contribution in [3.05, 3.63) is 102 Å². The van der Waals surface area contributed by atoms with Crippen LogP contribution in [0, 0.1) is 6.92 Å². The molecule has 2 aromatic carbocycles. The molecule has 6 nitrogen and oxygen atoms in total. The molecule has 0 fully saturated rings. The summed E-state index contributed by atoms with van der Waals surface area (Å²) >= 11 is 1.32. The number of carbonyl (C=O) groups is 1. The number of allylic oxidation sites excluding steroid dienone is 1. The van der Waals surface area contributed by atoms with E-state index in [-0.39, 0.29) is 17.8 Å². The van der Waals surface area contributed by atoms with Crippen LogP contribution < -0.4 is 19.6 Å². The minimum atomic E-state index is -0.620. The van der Waals surface area contributed by atoms with E-state index in [1.807, 2.05) is 82.3 Å². The first-order valence-electron chi connectivity index (χ1n) is 12.0. The molecule has 0 amide bonds. The third-order valence-corrected chi connectivity index (χ3v) is 7.27. The Kier molecular flexibility index (Phi) is 6.26. The molecule has 0 spiro atoms. The molecule has 7 heteroatoms. The lowest BCUT2D eigenvalue weighted by Crippen LogP contribution is -2.40. The number of thiazole rings is 1. The van der Waals surface area contributed by atoms with Crippen LogP contribution in [0.15, 0.2) is 75.2 Å². The highest BCUT2D eigenvalue weighted by Gasteiger charge is 2.33. The maximum atomic E-state index is 13.8. The van der Waals surface area contributed by atoms with Crippen LogP contribution in [0.1, 0.15) is 50.4 Å². The highest BCUT2D eigenvalue weighted by atomic mass is 32.1. The second kappa shape index (κ2) is 9.39. The topological polar surface area (TPSA) is 69.9 Å². The van der Waals surface area contributed by atoms with E-state index in [0.717, 1.165) is 28.0 Å². The van der Waals surface area contributed by atoms with E-state index in [2.05, 4.69) is 11.1 Å². The van der Waals surface area contributed by atoms with Gasteiger partial charge in [0.25, 0.3) is 5.56 Å². The van der Waals surface area contributed by atoms with E-state index in [1.165, 1.54) is 11.3 Å². The summed E-state index contributed by atoms with van der Waals surface area (Å²) in [5.41, 5.74) is 4.55. The van der Waals surface area contributed by atoms with Gasteiger partial charge in [0.15, 0.2) is 4.80 Å². The summed E-state index contributed by atoms with van der Waals surface area (Å²) in [4.78, 5) is 32.2. The molecule has 3 aromatic rings. The second-order valence-corrected chi connectivity index (χ2v) is 10.4. The number of aromatic nitrogens is 1. The fourth-order valence-electron chi connectivity index (χ4n) is 4.50. The van der Waals surface area contributed by atoms with Crippen LogP contribution in [0.2, 0.25) is 0 Å². The molecule has 0 saturated heterocycles. The first kappa shape index (κ1) is 24.0. The quantitative estimate of drug-likeness (QED) is 0.501. The van der Waals surface area contributed by atoms with Crippen molar-refractivity contribution < 1.29 is 14.3 Å². The Morgan fingerprint density at radius 1 is 1.14 bits per heavy atom. The van der Waals surface area contributed by atoms with Crippen LogP contribution in [0.3, 0.4) is 0 Å². The summed E-state index contributed by atoms with van der Waals surface area (Å²) in [6.07, 6.45) is 3.44. The third-order valence-electron chi connectivity index (χ3n) is 6.29. The van der Waals surface area contributed by atoms with Gasteiger partial charge in [0, 0.05) is 5.56 Å². The SMILES string of the molecule is CC1=C(C(=O)OC(C)C)C(c2ccc(C)cc2)n2c(s/c(=C\C3=Cc4ccccc4OC3C)c2=O)=N1. The molecule has 0 N–H and O–H groups in total. The summed E-state index contributed by atoms with van der Waals surface area (Å²) in [5.74, 6) is 0.367. The van der Waals surface area contributed by atoms with Crippen LogP contribution in [-0.4, -0.2) is 22.7 Å². The molecule has 0 radical (unpaired) electrons. The average Bonchev–Trinajstić information content (AvgIpc) is 3.13. The fraction of sp³-hybridized carbons (Fsp3) is 0.276. The Balaban J connectivity index is 1.69. The van der Waals surface area contributed by atoms with Crippen LogP contribution in [0.5, 0.6) is 5.75 Å². The van der Waals surface area contributed by atoms with Gasteiger partial charge in [-0.1, -0.05) is 59.4 Å². The van der Waals surface area contributed by atoms with Crippen molar-refractivity contribution in [2.45, 2.75) is 52.9 Å². The zero-order valence-electron chi connectivity index (χ0n) is 20.9. The first-order chi connectivity index (χ1) is 17.2. The number of hydrogen-bond acceptors (Lipinski definition) is 6. The van der Waals surface area contributed by atoms with E-state index >= 15 is 0 Å². The Hall–Kier alpha value is -3.71. The van der Waals surface area contributed by atoms with Crippen LogP contribution in [0.4, 0.5) is 0 Å². The standard InChI is InChI=1S/C29H28N2O4S/c1-16(2)34-28(33)25-18(4)30-29-31(26(25)20-12-10-17(3)11-13-20)27(32)24(36-29)15-22-14-21-8-6-7-9-23(21)35-19(22)5/h6-16,19,26H,1-5H3/b24-15-. The van der Waals surface area contributed by atoms with Crippen molar-refractivity contribution in [2.24, 2.45) is 4.99 Å². The van der Waals surface area contributed by atoms with E-state index < -0.39 is 12.0 Å². The maximum Gasteiger partial charge on any atom is 0.338 e. The number of para-hydroxylation sites is 1. The van der Waals surface area contributed by atoms with Crippen LogP contribution in [-0.2, 0) is 9.53 Å². The van der Waals surface area contributed by atoms with Crippen molar-refractivity contribution in [3.63, 3.8) is 0 Å². The number of esters is 1. The molecule has 0 bridgehead atoms. The van der Waals surface area contributed by atoms with Gasteiger partial charge in [-0.3, -0.25) is 9.36 Å². The predicted molar refractivity (Wildman–Crippen MR) is 142 cm³/mol. The summed E-state index contributed by atoms with van der Waals surface area (Å²) in [7, 11) is 0. The lowest BCUT2D eigenvalue weighted by molar-refractivity contribution is -0.143. The van der Waals surface area contributed by atoms with Gasteiger partial charge in [0.1, 0.15) is 11.9 Å². The summed E-state index contributed by atoms with van der Waals surface area (Å²) in [6.45, 7) is 9.39. The fourth-order valence-corrected chi connectivity index (χ4v) is 5.54. The number of carbonyl (C=O) groups excluding carboxylic acids is 1. The lowest BCUT2D eigenvalue weighted by atomic mass is 9.95. The molecule has 36 heavy (non-hydrogen) atoms. The molecule has 3 heterocycles. The van der Waals surface area contributed by atoms with E-state index in [9.17, 15) is 9.59 Å². The maximum absolute atomic E-state index is 13.8. The highest BCUT2D eigenvalue weighted by Crippen LogP contribution is 2.32. The number of benzene rings is 2. The number of aryl methyl sites for hydroxylation is 1. The van der Waals surface area contributed by atoms with Crippen LogP contribution >= 0.6 is 11.3 Å². The minimum Gasteiger partial charge on any atom is -0.485 e. The number of ether oxygens (including phenoxy) is 2. The Bertz CT molecular complexity index is 1590. The third kappa shape index (κ3) is 4.35. The van der Waals surface area contributed by atoms with Gasteiger partial charge >= 0.3 is 5.97 Å². The number of rotatable bonds is 4. The van der Waals surface area contributed by atoms with Crippen molar-refractivity contribution in [3.8, 4) is 5.75 Å². The molecule has 2 aliphatic heterocycles. The van der Waals surface area contributed by atoms with Crippen molar-refractivity contribution in [2.75, 3.05) is 0 Å². The van der Waals surface area contributed by atoms with E-state index in [4.69, 9.17) is 9.47 Å². The zero-order chi connectivity index (χ0) is 25.6. The van der Waals surface area contributed by atoms with Gasteiger partial charge in [-0.2, -0.15) is 0 Å². The van der Waals surface area contributed by atoms with Gasteiger partial charge in [-0.15, -0.1) is 0 Å². The summed E-state index contributed by atoms with van der Waals surface area (Å²) < 4.78 is 13.8. The van der Waals surface area contributed by atoms with Crippen LogP contribution in [0.25, 0.3) is 12.2 Å². The molecule has 0 aliphatic carbocycles. The molecule has 5 rings (SSSR count). The number of fused-ring (bicyclic) bond motifs is 2. The normalized spacial score (nSPS) is 19.3. The summed E-state index contributed by atoms with van der Waals surface area (Å²) in [5, 5.41) is 0. The smallest absolute Gasteiger partial charge is 0.338 e. The Morgan fingerprint density at radius 2 is 1.86 bits per heavy atom. The number of hydrogen-bond donors (Lipinski definition) is 0. The molecule has 2 aliphatic rings. The average molecular weight is 501 g/mol.